The molecule has 10 heteroatoms. The van der Waals surface area contributed by atoms with Gasteiger partial charge in [0.25, 0.3) is 5.91 Å². The lowest BCUT2D eigenvalue weighted by atomic mass is 10.1. The second-order valence-corrected chi connectivity index (χ2v) is 10.6. The predicted octanol–water partition coefficient (Wildman–Crippen LogP) is 4.74. The normalized spacial score (nSPS) is 16.6. The van der Waals surface area contributed by atoms with Crippen molar-refractivity contribution in [1.29, 1.82) is 0 Å². The van der Waals surface area contributed by atoms with E-state index in [0.717, 1.165) is 31.2 Å². The number of urea groups is 1. The number of anilines is 1. The minimum Gasteiger partial charge on any atom is -0.480 e. The lowest BCUT2D eigenvalue weighted by Crippen LogP contribution is -2.50. The minimum absolute atomic E-state index is 0.0305. The summed E-state index contributed by atoms with van der Waals surface area (Å²) in [5.41, 5.74) is 5.26. The Morgan fingerprint density at radius 3 is 2.28 bits per heavy atom. The first kappa shape index (κ1) is 26.8. The number of hydrogen-bond acceptors (Lipinski definition) is 4. The number of carboxylic acid groups (broad SMARTS) is 1. The third-order valence-corrected chi connectivity index (χ3v) is 7.94. The number of carboxylic acids is 1. The molecule has 3 aromatic carbocycles. The van der Waals surface area contributed by atoms with E-state index in [1.807, 2.05) is 36.4 Å². The second kappa shape index (κ2) is 11.6. The minimum atomic E-state index is -1.40. The molecule has 2 atom stereocenters. The maximum atomic E-state index is 13.1. The monoisotopic (exact) mass is 566 g/mol. The third-order valence-electron chi connectivity index (χ3n) is 7.24. The van der Waals surface area contributed by atoms with E-state index < -0.39 is 23.9 Å². The molecule has 0 bridgehead atoms. The van der Waals surface area contributed by atoms with Crippen molar-refractivity contribution in [3.8, 4) is 0 Å². The molecule has 0 spiro atoms. The number of hydrogen-bond donors (Lipinski definition) is 5. The molecule has 2 unspecified atom stereocenters. The SMILES string of the molecule is O=C(NCC(NC(=O)c1c(Cl)ccc(NC2Cc3ccccc3C2)c1Cl)C(=O)O)NC1CCc2ccccc21. The summed E-state index contributed by atoms with van der Waals surface area (Å²) in [6.45, 7) is -0.325. The lowest BCUT2D eigenvalue weighted by Gasteiger charge is -2.20. The number of fused-ring (bicyclic) bond motifs is 2. The van der Waals surface area contributed by atoms with Gasteiger partial charge in [-0.05, 0) is 60.1 Å². The van der Waals surface area contributed by atoms with Crippen molar-refractivity contribution in [1.82, 2.24) is 16.0 Å². The van der Waals surface area contributed by atoms with Gasteiger partial charge in [0.2, 0.25) is 0 Å². The van der Waals surface area contributed by atoms with Gasteiger partial charge in [-0.3, -0.25) is 4.79 Å². The van der Waals surface area contributed by atoms with Crippen molar-refractivity contribution < 1.29 is 19.5 Å². The molecule has 202 valence electrons. The number of nitrogens with one attached hydrogen (secondary N) is 4. The quantitative estimate of drug-likeness (QED) is 0.270. The molecule has 0 aliphatic heterocycles. The highest BCUT2D eigenvalue weighted by molar-refractivity contribution is 6.41. The highest BCUT2D eigenvalue weighted by Gasteiger charge is 2.28. The Hall–Kier alpha value is -3.75. The Kier molecular flexibility index (Phi) is 7.95. The maximum Gasteiger partial charge on any atom is 0.328 e. The van der Waals surface area contributed by atoms with Crippen molar-refractivity contribution in [3.63, 3.8) is 0 Å². The zero-order valence-corrected chi connectivity index (χ0v) is 22.5. The van der Waals surface area contributed by atoms with Crippen LogP contribution in [-0.4, -0.2) is 41.6 Å². The highest BCUT2D eigenvalue weighted by atomic mass is 35.5. The number of rotatable bonds is 8. The number of amides is 3. The largest absolute Gasteiger partial charge is 0.480 e. The molecule has 0 aromatic heterocycles. The molecule has 0 saturated carbocycles. The summed E-state index contributed by atoms with van der Waals surface area (Å²) in [6.07, 6.45) is 3.26. The Balaban J connectivity index is 1.21. The molecular formula is C29H28Cl2N4O4. The van der Waals surface area contributed by atoms with Gasteiger partial charge >= 0.3 is 12.0 Å². The van der Waals surface area contributed by atoms with Crippen LogP contribution in [0, 0.1) is 0 Å². The summed E-state index contributed by atoms with van der Waals surface area (Å²) < 4.78 is 0. The van der Waals surface area contributed by atoms with E-state index in [1.165, 1.54) is 16.7 Å². The number of carbonyl (C=O) groups excluding carboxylic acids is 2. The Bertz CT molecular complexity index is 1410. The van der Waals surface area contributed by atoms with Gasteiger partial charge in [-0.1, -0.05) is 71.7 Å². The van der Waals surface area contributed by atoms with Crippen LogP contribution in [0.2, 0.25) is 10.0 Å². The van der Waals surface area contributed by atoms with E-state index in [0.29, 0.717) is 5.69 Å². The summed E-state index contributed by atoms with van der Waals surface area (Å²) >= 11 is 12.9. The fourth-order valence-electron chi connectivity index (χ4n) is 5.29. The number of benzene rings is 3. The highest BCUT2D eigenvalue weighted by Crippen LogP contribution is 2.34. The average Bonchev–Trinajstić information content (AvgIpc) is 3.51. The number of aliphatic carboxylic acids is 1. The first-order valence-corrected chi connectivity index (χ1v) is 13.5. The summed E-state index contributed by atoms with van der Waals surface area (Å²) in [5, 5.41) is 21.1. The van der Waals surface area contributed by atoms with Crippen LogP contribution in [0.5, 0.6) is 0 Å². The van der Waals surface area contributed by atoms with Crippen molar-refractivity contribution >= 4 is 46.8 Å². The molecule has 5 rings (SSSR count). The molecule has 5 N–H and O–H groups in total. The number of carbonyl (C=O) groups is 3. The van der Waals surface area contributed by atoms with Crippen LogP contribution >= 0.6 is 23.2 Å². The third kappa shape index (κ3) is 5.97. The van der Waals surface area contributed by atoms with Gasteiger partial charge in [-0.15, -0.1) is 0 Å². The molecule has 2 aliphatic carbocycles. The van der Waals surface area contributed by atoms with Crippen LogP contribution in [0.3, 0.4) is 0 Å². The fraction of sp³-hybridized carbons (Fsp3) is 0.276. The molecule has 0 saturated heterocycles. The Morgan fingerprint density at radius 1 is 0.923 bits per heavy atom. The van der Waals surface area contributed by atoms with Gasteiger partial charge in [0, 0.05) is 6.04 Å². The molecule has 8 nitrogen and oxygen atoms in total. The van der Waals surface area contributed by atoms with Crippen LogP contribution in [0.25, 0.3) is 0 Å². The molecule has 0 fully saturated rings. The van der Waals surface area contributed by atoms with Gasteiger partial charge in [0.05, 0.1) is 33.9 Å². The fourth-order valence-corrected chi connectivity index (χ4v) is 5.89. The van der Waals surface area contributed by atoms with Gasteiger partial charge < -0.3 is 26.4 Å². The van der Waals surface area contributed by atoms with E-state index in [-0.39, 0.29) is 34.2 Å². The van der Waals surface area contributed by atoms with E-state index in [9.17, 15) is 19.5 Å². The standard InChI is InChI=1S/C29H28Cl2N4O4/c30-21-10-12-23(33-19-13-17-6-1-2-7-18(17)14-19)26(31)25(21)27(36)34-24(28(37)38)15-32-29(39)35-22-11-9-16-5-3-4-8-20(16)22/h1-8,10,12,19,22,24,33H,9,11,13-15H2,(H,34,36)(H,37,38)(H2,32,35,39). The maximum absolute atomic E-state index is 13.1. The van der Waals surface area contributed by atoms with Gasteiger partial charge in [0.15, 0.2) is 0 Å². The van der Waals surface area contributed by atoms with E-state index >= 15 is 0 Å². The Morgan fingerprint density at radius 2 is 1.59 bits per heavy atom. The smallest absolute Gasteiger partial charge is 0.328 e. The van der Waals surface area contributed by atoms with E-state index in [4.69, 9.17) is 23.2 Å². The zero-order chi connectivity index (χ0) is 27.5. The van der Waals surface area contributed by atoms with Crippen LogP contribution in [0.4, 0.5) is 10.5 Å². The Labute approximate surface area is 236 Å². The van der Waals surface area contributed by atoms with Crippen LogP contribution < -0.4 is 21.3 Å². The van der Waals surface area contributed by atoms with Crippen molar-refractivity contribution in [2.24, 2.45) is 0 Å². The molecule has 3 aromatic rings. The van der Waals surface area contributed by atoms with Crippen molar-refractivity contribution in [2.45, 2.75) is 43.8 Å². The van der Waals surface area contributed by atoms with E-state index in [1.54, 1.807) is 12.1 Å². The molecular weight excluding hydrogens is 539 g/mol. The molecule has 2 aliphatic rings. The lowest BCUT2D eigenvalue weighted by molar-refractivity contribution is -0.139. The number of aryl methyl sites for hydroxylation is 1. The average molecular weight is 567 g/mol. The molecule has 0 radical (unpaired) electrons. The summed E-state index contributed by atoms with van der Waals surface area (Å²) in [4.78, 5) is 37.5. The second-order valence-electron chi connectivity index (χ2n) is 9.81. The van der Waals surface area contributed by atoms with Crippen molar-refractivity contribution in [3.05, 3.63) is 98.5 Å². The summed E-state index contributed by atoms with van der Waals surface area (Å²) in [6, 6.07) is 17.3. The van der Waals surface area contributed by atoms with Gasteiger partial charge in [-0.2, -0.15) is 0 Å². The molecule has 39 heavy (non-hydrogen) atoms. The van der Waals surface area contributed by atoms with Crippen molar-refractivity contribution in [2.75, 3.05) is 11.9 Å². The van der Waals surface area contributed by atoms with Crippen LogP contribution in [-0.2, 0) is 24.1 Å². The van der Waals surface area contributed by atoms with Crippen LogP contribution in [0.15, 0.2) is 60.7 Å². The molecule has 0 heterocycles. The first-order valence-electron chi connectivity index (χ1n) is 12.8. The van der Waals surface area contributed by atoms with Gasteiger partial charge in [0.1, 0.15) is 6.04 Å². The molecule has 3 amide bonds. The van der Waals surface area contributed by atoms with Gasteiger partial charge in [-0.25, -0.2) is 9.59 Å². The first-order chi connectivity index (χ1) is 18.8. The topological polar surface area (TPSA) is 120 Å². The zero-order valence-electron chi connectivity index (χ0n) is 21.0. The predicted molar refractivity (Wildman–Crippen MR) is 151 cm³/mol. The summed E-state index contributed by atoms with van der Waals surface area (Å²) in [7, 11) is 0. The summed E-state index contributed by atoms with van der Waals surface area (Å²) in [5.74, 6) is -2.05. The number of halogens is 2. The van der Waals surface area contributed by atoms with Crippen LogP contribution in [0.1, 0.15) is 45.1 Å². The van der Waals surface area contributed by atoms with E-state index in [2.05, 4.69) is 33.4 Å².